The van der Waals surface area contributed by atoms with Crippen molar-refractivity contribution in [1.82, 2.24) is 24.2 Å². The lowest BCUT2D eigenvalue weighted by Crippen LogP contribution is -2.75. The van der Waals surface area contributed by atoms with E-state index in [2.05, 4.69) is 20.2 Å². The Hall–Kier alpha value is -3.18. The van der Waals surface area contributed by atoms with Crippen LogP contribution >= 0.6 is 0 Å². The predicted octanol–water partition coefficient (Wildman–Crippen LogP) is 3.14. The largest absolute Gasteiger partial charge is 0.378 e. The van der Waals surface area contributed by atoms with Gasteiger partial charge in [-0.2, -0.15) is 0 Å². The highest BCUT2D eigenvalue weighted by Gasteiger charge is 2.55. The molecule has 3 saturated heterocycles. The number of hydrogen-bond donors (Lipinski definition) is 1. The Morgan fingerprint density at radius 1 is 1.17 bits per heavy atom. The van der Waals surface area contributed by atoms with Crippen LogP contribution in [0.3, 0.4) is 0 Å². The highest BCUT2D eigenvalue weighted by molar-refractivity contribution is 5.93. The van der Waals surface area contributed by atoms with Gasteiger partial charge in [0.2, 0.25) is 5.95 Å². The molecule has 3 aliphatic rings. The van der Waals surface area contributed by atoms with E-state index >= 15 is 0 Å². The summed E-state index contributed by atoms with van der Waals surface area (Å²) in [6.45, 7) is 6.67. The van der Waals surface area contributed by atoms with Crippen LogP contribution < -0.4 is 5.32 Å². The third-order valence-corrected chi connectivity index (χ3v) is 7.26. The number of ether oxygens (including phenoxy) is 1. The van der Waals surface area contributed by atoms with Crippen LogP contribution in [0.2, 0.25) is 0 Å². The number of benzene rings is 1. The lowest BCUT2D eigenvalue weighted by Gasteiger charge is -2.62. The minimum Gasteiger partial charge on any atom is -0.378 e. The zero-order chi connectivity index (χ0) is 24.3. The Balaban J connectivity index is 1.16. The van der Waals surface area contributed by atoms with Gasteiger partial charge in [-0.05, 0) is 13.0 Å². The topological polar surface area (TPSA) is 75.0 Å². The smallest absolute Gasteiger partial charge is 0.274 e. The molecular weight excluding hydrogens is 461 g/mol. The molecule has 1 spiro atoms. The van der Waals surface area contributed by atoms with Crippen LogP contribution in [0, 0.1) is 11.2 Å². The molecule has 2 aromatic heterocycles. The number of carbonyl (C=O) groups is 1. The van der Waals surface area contributed by atoms with Gasteiger partial charge in [0.05, 0.1) is 30.9 Å². The summed E-state index contributed by atoms with van der Waals surface area (Å²) in [6, 6.07) is 5.49. The Kier molecular flexibility index (Phi) is 5.22. The molecule has 3 aromatic rings. The van der Waals surface area contributed by atoms with Crippen LogP contribution in [0.25, 0.3) is 5.65 Å². The van der Waals surface area contributed by atoms with E-state index in [1.807, 2.05) is 4.90 Å². The predicted molar refractivity (Wildman–Crippen MR) is 121 cm³/mol. The Morgan fingerprint density at radius 3 is 2.60 bits per heavy atom. The number of alkyl halides is 2. The zero-order valence-corrected chi connectivity index (χ0v) is 19.1. The summed E-state index contributed by atoms with van der Waals surface area (Å²) in [4.78, 5) is 26.0. The number of aromatic nitrogens is 3. The third-order valence-electron chi connectivity index (χ3n) is 7.26. The minimum atomic E-state index is -2.90. The van der Waals surface area contributed by atoms with Gasteiger partial charge >= 0.3 is 0 Å². The second kappa shape index (κ2) is 8.20. The minimum absolute atomic E-state index is 0.104. The van der Waals surface area contributed by atoms with Crippen LogP contribution in [0.15, 0.2) is 36.7 Å². The summed E-state index contributed by atoms with van der Waals surface area (Å²) >= 11 is 0. The van der Waals surface area contributed by atoms with E-state index in [-0.39, 0.29) is 16.9 Å². The van der Waals surface area contributed by atoms with Crippen molar-refractivity contribution in [1.29, 1.82) is 0 Å². The number of anilines is 1. The van der Waals surface area contributed by atoms with E-state index in [0.717, 1.165) is 32.4 Å². The molecule has 35 heavy (non-hydrogen) atoms. The van der Waals surface area contributed by atoms with E-state index in [9.17, 15) is 18.0 Å². The second-order valence-corrected chi connectivity index (χ2v) is 9.80. The lowest BCUT2D eigenvalue weighted by molar-refractivity contribution is -0.166. The molecule has 1 atom stereocenters. The first-order valence-electron chi connectivity index (χ1n) is 11.6. The molecule has 1 aromatic carbocycles. The SMILES string of the molecule is C[C@@H](Nc1nccc2nc(C(=O)N3CC4(C3)CN(C3COC3)C4)cn12)c1cccc(C(F)F)c1F. The average molecular weight is 486 g/mol. The molecule has 6 rings (SSSR count). The Morgan fingerprint density at radius 2 is 1.91 bits per heavy atom. The fourth-order valence-corrected chi connectivity index (χ4v) is 5.25. The van der Waals surface area contributed by atoms with E-state index in [1.54, 1.807) is 23.6 Å². The highest BCUT2D eigenvalue weighted by Crippen LogP contribution is 2.42. The molecule has 184 valence electrons. The molecule has 1 N–H and O–H groups in total. The normalized spacial score (nSPS) is 20.5. The summed E-state index contributed by atoms with van der Waals surface area (Å²) in [5.41, 5.74) is 0.464. The molecule has 0 unspecified atom stereocenters. The maximum Gasteiger partial charge on any atom is 0.274 e. The fourth-order valence-electron chi connectivity index (χ4n) is 5.25. The molecule has 8 nitrogen and oxygen atoms in total. The highest BCUT2D eigenvalue weighted by atomic mass is 19.3. The number of halogens is 3. The van der Waals surface area contributed by atoms with Crippen molar-refractivity contribution in [3.05, 3.63) is 59.3 Å². The van der Waals surface area contributed by atoms with Crippen LogP contribution in [-0.4, -0.2) is 75.5 Å². The molecular formula is C24H25F3N6O2. The van der Waals surface area contributed by atoms with Crippen LogP contribution in [0.1, 0.15) is 41.0 Å². The van der Waals surface area contributed by atoms with E-state index < -0.39 is 23.8 Å². The van der Waals surface area contributed by atoms with Crippen LogP contribution in [-0.2, 0) is 4.74 Å². The molecule has 1 amide bonds. The summed E-state index contributed by atoms with van der Waals surface area (Å²) in [5, 5.41) is 3.06. The van der Waals surface area contributed by atoms with Gasteiger partial charge in [-0.1, -0.05) is 18.2 Å². The third kappa shape index (κ3) is 3.73. The summed E-state index contributed by atoms with van der Waals surface area (Å²) in [5.74, 6) is -0.748. The number of fused-ring (bicyclic) bond motifs is 1. The number of likely N-dealkylation sites (tertiary alicyclic amines) is 2. The molecule has 0 radical (unpaired) electrons. The lowest BCUT2D eigenvalue weighted by atomic mass is 9.72. The van der Waals surface area contributed by atoms with Crippen molar-refractivity contribution in [2.24, 2.45) is 5.41 Å². The molecule has 0 saturated carbocycles. The maximum absolute atomic E-state index is 14.6. The maximum atomic E-state index is 14.6. The van der Waals surface area contributed by atoms with Crippen molar-refractivity contribution in [3.8, 4) is 0 Å². The van der Waals surface area contributed by atoms with Gasteiger partial charge < -0.3 is 15.0 Å². The zero-order valence-electron chi connectivity index (χ0n) is 19.1. The molecule has 11 heteroatoms. The van der Waals surface area contributed by atoms with Gasteiger partial charge in [0.1, 0.15) is 17.2 Å². The average Bonchev–Trinajstić information content (AvgIpc) is 3.18. The van der Waals surface area contributed by atoms with E-state index in [4.69, 9.17) is 4.74 Å². The van der Waals surface area contributed by atoms with Gasteiger partial charge in [-0.25, -0.2) is 23.1 Å². The first-order valence-corrected chi connectivity index (χ1v) is 11.6. The number of nitrogens with one attached hydrogen (secondary N) is 1. The number of hydrogen-bond acceptors (Lipinski definition) is 6. The molecule has 0 aliphatic carbocycles. The van der Waals surface area contributed by atoms with Gasteiger partial charge in [0.25, 0.3) is 12.3 Å². The van der Waals surface area contributed by atoms with Crippen molar-refractivity contribution >= 4 is 17.5 Å². The standard InChI is InChI=1S/C24H25F3N6O2/c1-14(16-3-2-4-17(20(16)25)21(26)27)29-23-28-6-5-19-30-18(7-33(19)23)22(34)32-12-24(13-32)10-31(11-24)15-8-35-9-15/h2-7,14-15,21H,8-13H2,1H3,(H,28,29)/t14-/m1/s1. The number of rotatable bonds is 6. The Bertz CT molecular complexity index is 1280. The van der Waals surface area contributed by atoms with Crippen molar-refractivity contribution < 1.29 is 22.7 Å². The fraction of sp³-hybridized carbons (Fsp3) is 0.458. The quantitative estimate of drug-likeness (QED) is 0.577. The monoisotopic (exact) mass is 486 g/mol. The van der Waals surface area contributed by atoms with Crippen molar-refractivity contribution in [3.63, 3.8) is 0 Å². The van der Waals surface area contributed by atoms with Gasteiger partial charge in [-0.15, -0.1) is 0 Å². The van der Waals surface area contributed by atoms with Crippen LogP contribution in [0.5, 0.6) is 0 Å². The van der Waals surface area contributed by atoms with Crippen molar-refractivity contribution in [2.45, 2.75) is 25.4 Å². The molecule has 5 heterocycles. The van der Waals surface area contributed by atoms with Gasteiger partial charge in [-0.3, -0.25) is 14.1 Å². The number of nitrogens with zero attached hydrogens (tertiary/aromatic N) is 5. The van der Waals surface area contributed by atoms with Gasteiger partial charge in [0, 0.05) is 49.6 Å². The first kappa shape index (κ1) is 22.3. The molecule has 3 aliphatic heterocycles. The van der Waals surface area contributed by atoms with Gasteiger partial charge in [0.15, 0.2) is 0 Å². The number of carbonyl (C=O) groups excluding carboxylic acids is 1. The summed E-state index contributed by atoms with van der Waals surface area (Å²) < 4.78 is 47.7. The summed E-state index contributed by atoms with van der Waals surface area (Å²) in [7, 11) is 0. The number of imidazole rings is 1. The first-order chi connectivity index (χ1) is 16.8. The van der Waals surface area contributed by atoms with Crippen LogP contribution in [0.4, 0.5) is 19.1 Å². The second-order valence-electron chi connectivity index (χ2n) is 9.80. The summed E-state index contributed by atoms with van der Waals surface area (Å²) in [6.07, 6.45) is 0.237. The molecule has 3 fully saturated rings. The van der Waals surface area contributed by atoms with E-state index in [0.29, 0.717) is 36.4 Å². The van der Waals surface area contributed by atoms with Crippen molar-refractivity contribution in [2.75, 3.05) is 44.7 Å². The van der Waals surface area contributed by atoms with E-state index in [1.165, 1.54) is 18.3 Å². The number of amides is 1. The Labute approximate surface area is 199 Å². The molecule has 0 bridgehead atoms.